The fourth-order valence-corrected chi connectivity index (χ4v) is 9.99. The molecule has 0 heterocycles. The van der Waals surface area contributed by atoms with Crippen molar-refractivity contribution in [3.05, 3.63) is 0 Å². The third-order valence-electron chi connectivity index (χ3n) is 11.7. The van der Waals surface area contributed by atoms with Gasteiger partial charge in [-0.3, -0.25) is 14.4 Å². The lowest BCUT2D eigenvalue weighted by atomic mass is 9.39. The zero-order chi connectivity index (χ0) is 26.4. The van der Waals surface area contributed by atoms with Gasteiger partial charge < -0.3 is 14.2 Å². The molecule has 4 rings (SSSR count). The SMILES string of the molecule is COC(=O)CCC[C@H]1CCC2C3C(C(C)C(C)[C@@]21C)[C@@]1(C)CC[C@@H](OC(C)=O)C[C@H]1C[C@H]3OC(C)=O. The molecular formula is C30H48O6. The minimum atomic E-state index is -0.201. The Kier molecular flexibility index (Phi) is 7.84. The summed E-state index contributed by atoms with van der Waals surface area (Å²) in [6.45, 7) is 12.9. The van der Waals surface area contributed by atoms with E-state index in [4.69, 9.17) is 14.2 Å². The Morgan fingerprint density at radius 3 is 2.28 bits per heavy atom. The van der Waals surface area contributed by atoms with Gasteiger partial charge in [-0.1, -0.05) is 27.7 Å². The van der Waals surface area contributed by atoms with Gasteiger partial charge in [0.2, 0.25) is 0 Å². The molecule has 0 saturated heterocycles. The molecule has 6 nitrogen and oxygen atoms in total. The third kappa shape index (κ3) is 4.60. The van der Waals surface area contributed by atoms with Crippen molar-refractivity contribution in [2.75, 3.05) is 7.11 Å². The molecule has 0 N–H and O–H groups in total. The average Bonchev–Trinajstić information content (AvgIpc) is 3.14. The summed E-state index contributed by atoms with van der Waals surface area (Å²) in [7, 11) is 1.46. The summed E-state index contributed by atoms with van der Waals surface area (Å²) >= 11 is 0. The normalized spacial score (nSPS) is 45.6. The minimum absolute atomic E-state index is 0.0256. The fourth-order valence-electron chi connectivity index (χ4n) is 9.99. The zero-order valence-electron chi connectivity index (χ0n) is 23.5. The first-order valence-electron chi connectivity index (χ1n) is 14.3. The van der Waals surface area contributed by atoms with Gasteiger partial charge in [-0.15, -0.1) is 0 Å². The number of carbonyl (C=O) groups is 3. The van der Waals surface area contributed by atoms with Crippen LogP contribution in [0.3, 0.4) is 0 Å². The molecule has 4 aliphatic rings. The van der Waals surface area contributed by atoms with Gasteiger partial charge in [0.25, 0.3) is 0 Å². The van der Waals surface area contributed by atoms with E-state index in [0.29, 0.717) is 47.8 Å². The van der Waals surface area contributed by atoms with E-state index in [9.17, 15) is 14.4 Å². The van der Waals surface area contributed by atoms with E-state index in [1.165, 1.54) is 26.9 Å². The highest BCUT2D eigenvalue weighted by Crippen LogP contribution is 2.71. The molecule has 4 aliphatic carbocycles. The van der Waals surface area contributed by atoms with Crippen molar-refractivity contribution in [1.29, 1.82) is 0 Å². The zero-order valence-corrected chi connectivity index (χ0v) is 23.5. The lowest BCUT2D eigenvalue weighted by molar-refractivity contribution is -0.221. The number of hydrogen-bond donors (Lipinski definition) is 0. The molecule has 0 radical (unpaired) electrons. The Balaban J connectivity index is 1.64. The number of hydrogen-bond acceptors (Lipinski definition) is 6. The maximum Gasteiger partial charge on any atom is 0.305 e. The molecule has 0 amide bonds. The van der Waals surface area contributed by atoms with Gasteiger partial charge in [0, 0.05) is 26.2 Å². The average molecular weight is 505 g/mol. The fraction of sp³-hybridized carbons (Fsp3) is 0.900. The predicted octanol–water partition coefficient (Wildman–Crippen LogP) is 5.95. The van der Waals surface area contributed by atoms with Gasteiger partial charge in [0.15, 0.2) is 0 Å². The van der Waals surface area contributed by atoms with Crippen molar-refractivity contribution in [2.24, 2.45) is 52.3 Å². The summed E-state index contributed by atoms with van der Waals surface area (Å²) in [5.41, 5.74) is 0.336. The molecule has 6 heteroatoms. The maximum absolute atomic E-state index is 12.3. The molecule has 5 unspecified atom stereocenters. The largest absolute Gasteiger partial charge is 0.469 e. The van der Waals surface area contributed by atoms with Gasteiger partial charge in [0.1, 0.15) is 12.2 Å². The van der Waals surface area contributed by atoms with Gasteiger partial charge in [-0.25, -0.2) is 0 Å². The Bertz CT molecular complexity index is 854. The second-order valence-corrected chi connectivity index (χ2v) is 13.1. The topological polar surface area (TPSA) is 78.9 Å². The van der Waals surface area contributed by atoms with E-state index < -0.39 is 0 Å². The summed E-state index contributed by atoms with van der Waals surface area (Å²) in [6, 6.07) is 0. The molecule has 4 saturated carbocycles. The van der Waals surface area contributed by atoms with Crippen molar-refractivity contribution in [1.82, 2.24) is 0 Å². The summed E-state index contributed by atoms with van der Waals surface area (Å²) in [4.78, 5) is 35.8. The second kappa shape index (κ2) is 10.3. The number of methoxy groups -OCH3 is 1. The molecule has 0 aromatic rings. The maximum atomic E-state index is 12.3. The number of fused-ring (bicyclic) bond motifs is 5. The Hall–Kier alpha value is -1.59. The molecule has 36 heavy (non-hydrogen) atoms. The Labute approximate surface area is 217 Å². The van der Waals surface area contributed by atoms with Crippen LogP contribution >= 0.6 is 0 Å². The Morgan fingerprint density at radius 2 is 1.64 bits per heavy atom. The minimum Gasteiger partial charge on any atom is -0.469 e. The van der Waals surface area contributed by atoms with Crippen LogP contribution in [-0.2, 0) is 28.6 Å². The Morgan fingerprint density at radius 1 is 0.944 bits per heavy atom. The monoisotopic (exact) mass is 504 g/mol. The van der Waals surface area contributed by atoms with Crippen LogP contribution in [0.5, 0.6) is 0 Å². The van der Waals surface area contributed by atoms with E-state index >= 15 is 0 Å². The van der Waals surface area contributed by atoms with Crippen LogP contribution in [0, 0.1) is 52.3 Å². The molecular weight excluding hydrogens is 456 g/mol. The number of carbonyl (C=O) groups excluding carboxylic acids is 3. The highest BCUT2D eigenvalue weighted by molar-refractivity contribution is 5.69. The predicted molar refractivity (Wildman–Crippen MR) is 137 cm³/mol. The standard InChI is InChI=1S/C30H48O6/c1-17-18(2)30(6)21(9-8-10-26(33)34-7)11-12-24(30)27-25(36-20(4)32)16-22-15-23(35-19(3)31)13-14-29(22,5)28(17)27/h17-18,21-25,27-28H,8-16H2,1-7H3/t17?,18?,21-,22-,23+,24?,25+,27?,28?,29-,30+/m0/s1. The smallest absolute Gasteiger partial charge is 0.305 e. The van der Waals surface area contributed by atoms with Crippen LogP contribution in [-0.4, -0.2) is 37.2 Å². The summed E-state index contributed by atoms with van der Waals surface area (Å²) < 4.78 is 16.7. The lowest BCUT2D eigenvalue weighted by Crippen LogP contribution is -2.63. The molecule has 0 aromatic carbocycles. The molecule has 0 aliphatic heterocycles. The van der Waals surface area contributed by atoms with Crippen molar-refractivity contribution in [2.45, 2.75) is 112 Å². The molecule has 204 valence electrons. The third-order valence-corrected chi connectivity index (χ3v) is 11.7. The van der Waals surface area contributed by atoms with E-state index in [1.807, 2.05) is 0 Å². The lowest BCUT2D eigenvalue weighted by Gasteiger charge is -2.66. The number of ether oxygens (including phenoxy) is 3. The van der Waals surface area contributed by atoms with Crippen LogP contribution < -0.4 is 0 Å². The van der Waals surface area contributed by atoms with Crippen LogP contribution in [0.2, 0.25) is 0 Å². The highest BCUT2D eigenvalue weighted by atomic mass is 16.5. The van der Waals surface area contributed by atoms with E-state index in [2.05, 4.69) is 27.7 Å². The van der Waals surface area contributed by atoms with Crippen molar-refractivity contribution in [3.63, 3.8) is 0 Å². The van der Waals surface area contributed by atoms with Crippen molar-refractivity contribution < 1.29 is 28.6 Å². The first-order valence-corrected chi connectivity index (χ1v) is 14.3. The molecule has 4 fully saturated rings. The number of esters is 3. The molecule has 0 spiro atoms. The van der Waals surface area contributed by atoms with Crippen LogP contribution in [0.15, 0.2) is 0 Å². The molecule has 0 bridgehead atoms. The second-order valence-electron chi connectivity index (χ2n) is 13.1. The van der Waals surface area contributed by atoms with Gasteiger partial charge in [-0.2, -0.15) is 0 Å². The van der Waals surface area contributed by atoms with Crippen molar-refractivity contribution >= 4 is 17.9 Å². The molecule has 11 atom stereocenters. The van der Waals surface area contributed by atoms with E-state index in [1.54, 1.807) is 6.92 Å². The van der Waals surface area contributed by atoms with Crippen LogP contribution in [0.1, 0.15) is 99.3 Å². The quantitative estimate of drug-likeness (QED) is 0.328. The first kappa shape index (κ1) is 27.4. The first-order chi connectivity index (χ1) is 16.9. The molecule has 0 aromatic heterocycles. The summed E-state index contributed by atoms with van der Waals surface area (Å²) in [6.07, 6.45) is 8.40. The van der Waals surface area contributed by atoms with E-state index in [0.717, 1.165) is 38.5 Å². The van der Waals surface area contributed by atoms with Crippen LogP contribution in [0.25, 0.3) is 0 Å². The van der Waals surface area contributed by atoms with Gasteiger partial charge >= 0.3 is 17.9 Å². The van der Waals surface area contributed by atoms with E-state index in [-0.39, 0.29) is 40.9 Å². The highest BCUT2D eigenvalue weighted by Gasteiger charge is 2.67. The van der Waals surface area contributed by atoms with Crippen LogP contribution in [0.4, 0.5) is 0 Å². The van der Waals surface area contributed by atoms with Gasteiger partial charge in [-0.05, 0) is 97.7 Å². The summed E-state index contributed by atoms with van der Waals surface area (Å²) in [5.74, 6) is 2.89. The van der Waals surface area contributed by atoms with Crippen molar-refractivity contribution in [3.8, 4) is 0 Å². The summed E-state index contributed by atoms with van der Waals surface area (Å²) in [5, 5.41) is 0. The van der Waals surface area contributed by atoms with Gasteiger partial charge in [0.05, 0.1) is 7.11 Å². The number of rotatable bonds is 6.